The summed E-state index contributed by atoms with van der Waals surface area (Å²) in [5.41, 5.74) is 3.63. The highest BCUT2D eigenvalue weighted by atomic mass is 16.4. The van der Waals surface area contributed by atoms with Gasteiger partial charge in [-0.15, -0.1) is 0 Å². The van der Waals surface area contributed by atoms with Crippen LogP contribution >= 0.6 is 0 Å². The van der Waals surface area contributed by atoms with Crippen LogP contribution in [0.3, 0.4) is 0 Å². The Morgan fingerprint density at radius 1 is 1.03 bits per heavy atom. The maximum absolute atomic E-state index is 11.3. The number of aromatic nitrogens is 4. The first-order chi connectivity index (χ1) is 14.6. The molecule has 152 valence electrons. The van der Waals surface area contributed by atoms with Gasteiger partial charge >= 0.3 is 5.76 Å². The average molecular weight is 403 g/mol. The lowest BCUT2D eigenvalue weighted by Crippen LogP contribution is -2.18. The van der Waals surface area contributed by atoms with Gasteiger partial charge in [0.05, 0.1) is 17.4 Å². The van der Waals surface area contributed by atoms with Crippen molar-refractivity contribution in [2.45, 2.75) is 19.8 Å². The van der Waals surface area contributed by atoms with Crippen molar-refractivity contribution in [1.82, 2.24) is 19.9 Å². The predicted molar refractivity (Wildman–Crippen MR) is 116 cm³/mol. The molecule has 1 aliphatic rings. The molecule has 0 unspecified atom stereocenters. The summed E-state index contributed by atoms with van der Waals surface area (Å²) in [6.07, 6.45) is 5.99. The lowest BCUT2D eigenvalue weighted by Gasteiger charge is -2.16. The molecule has 0 aliphatic carbocycles. The molecule has 0 bridgehead atoms. The van der Waals surface area contributed by atoms with Crippen LogP contribution in [-0.4, -0.2) is 33.0 Å². The van der Waals surface area contributed by atoms with Gasteiger partial charge in [-0.1, -0.05) is 0 Å². The van der Waals surface area contributed by atoms with Crippen molar-refractivity contribution in [2.24, 2.45) is 0 Å². The van der Waals surface area contributed by atoms with Gasteiger partial charge in [0.1, 0.15) is 11.6 Å². The monoisotopic (exact) mass is 403 g/mol. The van der Waals surface area contributed by atoms with Crippen molar-refractivity contribution in [1.29, 1.82) is 0 Å². The van der Waals surface area contributed by atoms with Gasteiger partial charge in [-0.2, -0.15) is 4.98 Å². The number of aromatic amines is 1. The second kappa shape index (κ2) is 7.51. The second-order valence-electron chi connectivity index (χ2n) is 7.30. The molecule has 1 aromatic carbocycles. The van der Waals surface area contributed by atoms with Crippen molar-refractivity contribution < 1.29 is 4.42 Å². The Kier molecular flexibility index (Phi) is 4.55. The third-order valence-corrected chi connectivity index (χ3v) is 5.09. The van der Waals surface area contributed by atoms with E-state index in [2.05, 4.69) is 35.5 Å². The van der Waals surface area contributed by atoms with Gasteiger partial charge < -0.3 is 20.0 Å². The van der Waals surface area contributed by atoms with Crippen LogP contribution in [0, 0.1) is 6.92 Å². The van der Waals surface area contributed by atoms with Crippen molar-refractivity contribution in [3.63, 3.8) is 0 Å². The highest BCUT2D eigenvalue weighted by molar-refractivity contribution is 5.78. The lowest BCUT2D eigenvalue weighted by atomic mass is 10.2. The molecule has 1 saturated heterocycles. The van der Waals surface area contributed by atoms with E-state index in [-0.39, 0.29) is 0 Å². The molecular formula is C21H21N7O2. The summed E-state index contributed by atoms with van der Waals surface area (Å²) in [5, 5.41) is 6.47. The Balaban J connectivity index is 1.34. The number of rotatable bonds is 5. The fraction of sp³-hybridized carbons (Fsp3) is 0.238. The fourth-order valence-corrected chi connectivity index (χ4v) is 3.52. The molecule has 3 aromatic heterocycles. The molecule has 9 heteroatoms. The van der Waals surface area contributed by atoms with Crippen LogP contribution in [0.4, 0.5) is 29.0 Å². The zero-order chi connectivity index (χ0) is 20.5. The van der Waals surface area contributed by atoms with Gasteiger partial charge in [-0.25, -0.2) is 14.8 Å². The van der Waals surface area contributed by atoms with Gasteiger partial charge in [-0.3, -0.25) is 4.98 Å². The van der Waals surface area contributed by atoms with Gasteiger partial charge in [-0.05, 0) is 50.1 Å². The summed E-state index contributed by atoms with van der Waals surface area (Å²) in [4.78, 5) is 29.8. The summed E-state index contributed by atoms with van der Waals surface area (Å²) in [7, 11) is 0. The van der Waals surface area contributed by atoms with Crippen molar-refractivity contribution in [3.8, 4) is 0 Å². The largest absolute Gasteiger partial charge is 0.417 e. The van der Waals surface area contributed by atoms with Crippen LogP contribution in [0.5, 0.6) is 0 Å². The first-order valence-electron chi connectivity index (χ1n) is 9.86. The zero-order valence-electron chi connectivity index (χ0n) is 16.5. The Hall–Kier alpha value is -3.88. The molecule has 30 heavy (non-hydrogen) atoms. The highest BCUT2D eigenvalue weighted by Crippen LogP contribution is 2.24. The van der Waals surface area contributed by atoms with Crippen LogP contribution in [-0.2, 0) is 0 Å². The minimum Gasteiger partial charge on any atom is -0.408 e. The minimum absolute atomic E-state index is 0.469. The highest BCUT2D eigenvalue weighted by Gasteiger charge is 2.13. The molecule has 3 N–H and O–H groups in total. The number of oxazole rings is 1. The molecule has 0 radical (unpaired) electrons. The minimum atomic E-state index is -0.476. The van der Waals surface area contributed by atoms with Crippen molar-refractivity contribution >= 4 is 40.1 Å². The third-order valence-electron chi connectivity index (χ3n) is 5.09. The molecule has 0 amide bonds. The van der Waals surface area contributed by atoms with Crippen molar-refractivity contribution in [3.05, 3.63) is 58.8 Å². The second-order valence-corrected chi connectivity index (χ2v) is 7.30. The Morgan fingerprint density at radius 3 is 2.67 bits per heavy atom. The van der Waals surface area contributed by atoms with Gasteiger partial charge in [0.25, 0.3) is 0 Å². The first kappa shape index (κ1) is 18.2. The number of hydrogen-bond acceptors (Lipinski definition) is 8. The van der Waals surface area contributed by atoms with E-state index in [0.717, 1.165) is 35.8 Å². The number of hydrogen-bond donors (Lipinski definition) is 3. The van der Waals surface area contributed by atoms with E-state index in [1.165, 1.54) is 12.8 Å². The summed E-state index contributed by atoms with van der Waals surface area (Å²) in [5.74, 6) is 1.66. The number of pyridine rings is 1. The van der Waals surface area contributed by atoms with Crippen LogP contribution in [0.1, 0.15) is 18.4 Å². The maximum atomic E-state index is 11.3. The number of anilines is 5. The van der Waals surface area contributed by atoms with E-state index >= 15 is 0 Å². The van der Waals surface area contributed by atoms with E-state index in [4.69, 9.17) is 4.42 Å². The maximum Gasteiger partial charge on any atom is 0.417 e. The smallest absolute Gasteiger partial charge is 0.408 e. The molecule has 0 spiro atoms. The summed E-state index contributed by atoms with van der Waals surface area (Å²) in [6, 6.07) is 9.37. The molecule has 9 nitrogen and oxygen atoms in total. The fourth-order valence-electron chi connectivity index (χ4n) is 3.52. The number of H-pyrrole nitrogens is 1. The Bertz CT molecular complexity index is 1240. The topological polar surface area (TPSA) is 112 Å². The van der Waals surface area contributed by atoms with E-state index < -0.39 is 5.76 Å². The molecule has 4 aromatic rings. The summed E-state index contributed by atoms with van der Waals surface area (Å²) < 4.78 is 5.04. The molecular weight excluding hydrogens is 382 g/mol. The number of nitrogens with zero attached hydrogens (tertiary/aromatic N) is 4. The van der Waals surface area contributed by atoms with E-state index in [0.29, 0.717) is 22.9 Å². The van der Waals surface area contributed by atoms with Gasteiger partial charge in [0, 0.05) is 30.5 Å². The van der Waals surface area contributed by atoms with Crippen LogP contribution in [0.25, 0.3) is 11.1 Å². The first-order valence-corrected chi connectivity index (χ1v) is 9.86. The number of aryl methyl sites for hydroxylation is 1. The summed E-state index contributed by atoms with van der Waals surface area (Å²) in [6.45, 7) is 4.06. The zero-order valence-corrected chi connectivity index (χ0v) is 16.5. The molecule has 1 fully saturated rings. The standard InChI is InChI=1S/C21H21N7O2/c1-13-11-23-20(25-15-5-7-18(22-12-15)28-8-2-3-9-28)27-19(13)24-14-4-6-17-16(10-14)26-21(29)30-17/h4-7,10-12H,2-3,8-9H2,1H3,(H,26,29)(H2,23,24,25,27). The van der Waals surface area contributed by atoms with Gasteiger partial charge in [0.15, 0.2) is 5.58 Å². The van der Waals surface area contributed by atoms with Crippen LogP contribution < -0.4 is 21.3 Å². The number of nitrogens with one attached hydrogen (secondary N) is 3. The number of benzene rings is 1. The molecule has 5 rings (SSSR count). The van der Waals surface area contributed by atoms with E-state index in [1.54, 1.807) is 24.5 Å². The van der Waals surface area contributed by atoms with E-state index in [1.807, 2.05) is 25.1 Å². The Morgan fingerprint density at radius 2 is 1.87 bits per heavy atom. The third kappa shape index (κ3) is 3.69. The lowest BCUT2D eigenvalue weighted by molar-refractivity contribution is 0.555. The normalized spacial score (nSPS) is 13.7. The predicted octanol–water partition coefficient (Wildman–Crippen LogP) is 3.70. The molecule has 0 saturated carbocycles. The Labute approximate surface area is 172 Å². The molecule has 0 atom stereocenters. The summed E-state index contributed by atoms with van der Waals surface area (Å²) >= 11 is 0. The van der Waals surface area contributed by atoms with Crippen LogP contribution in [0.15, 0.2) is 51.9 Å². The average Bonchev–Trinajstić information content (AvgIpc) is 3.40. The van der Waals surface area contributed by atoms with Crippen LogP contribution in [0.2, 0.25) is 0 Å². The van der Waals surface area contributed by atoms with Crippen molar-refractivity contribution in [2.75, 3.05) is 28.6 Å². The van der Waals surface area contributed by atoms with Gasteiger partial charge in [0.2, 0.25) is 5.95 Å². The molecule has 4 heterocycles. The SMILES string of the molecule is Cc1cnc(Nc2ccc(N3CCCC3)nc2)nc1Nc1ccc2oc(=O)[nH]c2c1. The number of fused-ring (bicyclic) bond motifs is 1. The molecule has 1 aliphatic heterocycles. The van der Waals surface area contributed by atoms with E-state index in [9.17, 15) is 4.79 Å². The quantitative estimate of drug-likeness (QED) is 0.462.